The Kier molecular flexibility index (Phi) is 1.70. The van der Waals surface area contributed by atoms with Gasteiger partial charge in [0.1, 0.15) is 5.76 Å². The zero-order valence-electron chi connectivity index (χ0n) is 6.31. The standard InChI is InChI=1S/C8H12O2/c1-5-3-4-7(9)8(10)6(5)2/h9-10H,3-4H2,1-2H3. The van der Waals surface area contributed by atoms with Gasteiger partial charge in [0.15, 0.2) is 5.76 Å². The predicted octanol–water partition coefficient (Wildman–Crippen LogP) is 2.44. The molecule has 0 fully saturated rings. The van der Waals surface area contributed by atoms with Gasteiger partial charge in [0.05, 0.1) is 0 Å². The van der Waals surface area contributed by atoms with Gasteiger partial charge >= 0.3 is 0 Å². The molecule has 0 bridgehead atoms. The first-order chi connectivity index (χ1) is 4.63. The molecule has 0 spiro atoms. The number of allylic oxidation sites excluding steroid dienone is 3. The first kappa shape index (κ1) is 7.19. The molecule has 2 heteroatoms. The van der Waals surface area contributed by atoms with E-state index in [1.807, 2.05) is 13.8 Å². The molecule has 2 nitrogen and oxygen atoms in total. The topological polar surface area (TPSA) is 40.5 Å². The zero-order chi connectivity index (χ0) is 7.72. The third kappa shape index (κ3) is 1.01. The normalized spacial score (nSPS) is 20.2. The summed E-state index contributed by atoms with van der Waals surface area (Å²) in [5, 5.41) is 18.2. The SMILES string of the molecule is CC1=C(C)C(O)=C(O)CC1. The molecule has 0 amide bonds. The van der Waals surface area contributed by atoms with Gasteiger partial charge < -0.3 is 10.2 Å². The molecule has 0 heterocycles. The van der Waals surface area contributed by atoms with Gasteiger partial charge in [-0.15, -0.1) is 0 Å². The Hall–Kier alpha value is -0.920. The Morgan fingerprint density at radius 1 is 1.10 bits per heavy atom. The van der Waals surface area contributed by atoms with Crippen molar-refractivity contribution in [2.24, 2.45) is 0 Å². The van der Waals surface area contributed by atoms with E-state index in [0.717, 1.165) is 17.6 Å². The molecular formula is C8H12O2. The summed E-state index contributed by atoms with van der Waals surface area (Å²) in [4.78, 5) is 0. The summed E-state index contributed by atoms with van der Waals surface area (Å²) in [6.45, 7) is 3.79. The molecule has 0 aromatic heterocycles. The van der Waals surface area contributed by atoms with Crippen molar-refractivity contribution in [1.82, 2.24) is 0 Å². The van der Waals surface area contributed by atoms with Gasteiger partial charge in [-0.25, -0.2) is 0 Å². The highest BCUT2D eigenvalue weighted by atomic mass is 16.3. The van der Waals surface area contributed by atoms with Crippen LogP contribution < -0.4 is 0 Å². The minimum Gasteiger partial charge on any atom is -0.508 e. The summed E-state index contributed by atoms with van der Waals surface area (Å²) in [6, 6.07) is 0. The number of aliphatic hydroxyl groups is 2. The van der Waals surface area contributed by atoms with Gasteiger partial charge in [0.25, 0.3) is 0 Å². The molecule has 1 aliphatic rings. The first-order valence-corrected chi connectivity index (χ1v) is 3.40. The van der Waals surface area contributed by atoms with E-state index in [2.05, 4.69) is 0 Å². The van der Waals surface area contributed by atoms with Crippen LogP contribution in [0.2, 0.25) is 0 Å². The molecule has 0 aromatic carbocycles. The molecule has 1 aliphatic carbocycles. The number of aliphatic hydroxyl groups excluding tert-OH is 2. The molecule has 0 saturated carbocycles. The lowest BCUT2D eigenvalue weighted by molar-refractivity contribution is 0.311. The minimum atomic E-state index is 0.0729. The van der Waals surface area contributed by atoms with E-state index in [1.165, 1.54) is 0 Å². The Balaban J connectivity index is 3.01. The van der Waals surface area contributed by atoms with Crippen LogP contribution in [0.3, 0.4) is 0 Å². The second-order valence-electron chi connectivity index (χ2n) is 2.70. The summed E-state index contributed by atoms with van der Waals surface area (Å²) in [5.41, 5.74) is 1.99. The molecule has 0 saturated heterocycles. The molecule has 10 heavy (non-hydrogen) atoms. The van der Waals surface area contributed by atoms with Crippen molar-refractivity contribution in [1.29, 1.82) is 0 Å². The van der Waals surface area contributed by atoms with Crippen molar-refractivity contribution in [2.75, 3.05) is 0 Å². The second-order valence-corrected chi connectivity index (χ2v) is 2.70. The number of hydrogen-bond donors (Lipinski definition) is 2. The monoisotopic (exact) mass is 140 g/mol. The van der Waals surface area contributed by atoms with E-state index < -0.39 is 0 Å². The maximum atomic E-state index is 9.19. The average molecular weight is 140 g/mol. The van der Waals surface area contributed by atoms with Crippen molar-refractivity contribution in [2.45, 2.75) is 26.7 Å². The maximum absolute atomic E-state index is 9.19. The highest BCUT2D eigenvalue weighted by Crippen LogP contribution is 2.26. The molecule has 0 aromatic rings. The molecule has 1 rings (SSSR count). The molecule has 0 unspecified atom stereocenters. The van der Waals surface area contributed by atoms with Crippen molar-refractivity contribution in [3.8, 4) is 0 Å². The third-order valence-corrected chi connectivity index (χ3v) is 2.01. The molecular weight excluding hydrogens is 128 g/mol. The maximum Gasteiger partial charge on any atom is 0.155 e. The van der Waals surface area contributed by atoms with Crippen LogP contribution >= 0.6 is 0 Å². The van der Waals surface area contributed by atoms with Crippen LogP contribution in [0, 0.1) is 0 Å². The van der Waals surface area contributed by atoms with Gasteiger partial charge in [-0.05, 0) is 25.8 Å². The third-order valence-electron chi connectivity index (χ3n) is 2.01. The van der Waals surface area contributed by atoms with Gasteiger partial charge in [0, 0.05) is 6.42 Å². The van der Waals surface area contributed by atoms with Crippen LogP contribution in [0.25, 0.3) is 0 Å². The smallest absolute Gasteiger partial charge is 0.155 e. The molecule has 0 radical (unpaired) electrons. The summed E-state index contributed by atoms with van der Waals surface area (Å²) in [5.74, 6) is 0.201. The van der Waals surface area contributed by atoms with Crippen LogP contribution in [0.15, 0.2) is 22.7 Å². The van der Waals surface area contributed by atoms with Crippen LogP contribution in [0.4, 0.5) is 0 Å². The first-order valence-electron chi connectivity index (χ1n) is 3.40. The van der Waals surface area contributed by atoms with E-state index >= 15 is 0 Å². The lowest BCUT2D eigenvalue weighted by atomic mass is 9.97. The Morgan fingerprint density at radius 3 is 2.20 bits per heavy atom. The summed E-state index contributed by atoms with van der Waals surface area (Å²) in [6.07, 6.45) is 1.44. The zero-order valence-corrected chi connectivity index (χ0v) is 6.31. The van der Waals surface area contributed by atoms with E-state index in [0.29, 0.717) is 6.42 Å². The van der Waals surface area contributed by atoms with E-state index in [1.54, 1.807) is 0 Å². The van der Waals surface area contributed by atoms with Crippen LogP contribution in [0.1, 0.15) is 26.7 Å². The quantitative estimate of drug-likeness (QED) is 0.542. The van der Waals surface area contributed by atoms with Crippen molar-refractivity contribution in [3.05, 3.63) is 22.7 Å². The second kappa shape index (κ2) is 2.37. The van der Waals surface area contributed by atoms with E-state index in [9.17, 15) is 5.11 Å². The minimum absolute atomic E-state index is 0.0729. The Morgan fingerprint density at radius 2 is 1.70 bits per heavy atom. The van der Waals surface area contributed by atoms with Crippen LogP contribution in [-0.2, 0) is 0 Å². The van der Waals surface area contributed by atoms with Crippen molar-refractivity contribution in [3.63, 3.8) is 0 Å². The summed E-state index contributed by atoms with van der Waals surface area (Å²) >= 11 is 0. The fourth-order valence-electron chi connectivity index (χ4n) is 1.03. The average Bonchev–Trinajstić information content (AvgIpc) is 1.93. The molecule has 0 aliphatic heterocycles. The fraction of sp³-hybridized carbons (Fsp3) is 0.500. The van der Waals surface area contributed by atoms with Crippen LogP contribution in [-0.4, -0.2) is 10.2 Å². The molecule has 2 N–H and O–H groups in total. The van der Waals surface area contributed by atoms with Gasteiger partial charge in [0.2, 0.25) is 0 Å². The lowest BCUT2D eigenvalue weighted by Gasteiger charge is -2.14. The summed E-state index contributed by atoms with van der Waals surface area (Å²) in [7, 11) is 0. The number of rotatable bonds is 0. The Bertz CT molecular complexity index is 187. The van der Waals surface area contributed by atoms with Gasteiger partial charge in [-0.1, -0.05) is 5.57 Å². The Labute approximate surface area is 60.5 Å². The van der Waals surface area contributed by atoms with E-state index in [-0.39, 0.29) is 11.5 Å². The van der Waals surface area contributed by atoms with Gasteiger partial charge in [-0.2, -0.15) is 0 Å². The summed E-state index contributed by atoms with van der Waals surface area (Å²) < 4.78 is 0. The van der Waals surface area contributed by atoms with Gasteiger partial charge in [-0.3, -0.25) is 0 Å². The largest absolute Gasteiger partial charge is 0.508 e. The van der Waals surface area contributed by atoms with Crippen molar-refractivity contribution >= 4 is 0 Å². The number of hydrogen-bond acceptors (Lipinski definition) is 2. The molecule has 0 atom stereocenters. The fourth-order valence-corrected chi connectivity index (χ4v) is 1.03. The lowest BCUT2D eigenvalue weighted by Crippen LogP contribution is -2.01. The van der Waals surface area contributed by atoms with E-state index in [4.69, 9.17) is 5.11 Å². The van der Waals surface area contributed by atoms with Crippen molar-refractivity contribution < 1.29 is 10.2 Å². The van der Waals surface area contributed by atoms with Crippen LogP contribution in [0.5, 0.6) is 0 Å². The predicted molar refractivity (Wildman–Crippen MR) is 39.9 cm³/mol. The highest BCUT2D eigenvalue weighted by molar-refractivity contribution is 5.33. The molecule has 56 valence electrons. The highest BCUT2D eigenvalue weighted by Gasteiger charge is 2.13.